The Morgan fingerprint density at radius 2 is 1.78 bits per heavy atom. The summed E-state index contributed by atoms with van der Waals surface area (Å²) in [4.78, 5) is 31.7. The largest absolute Gasteiger partial charge is 0.360 e. The summed E-state index contributed by atoms with van der Waals surface area (Å²) in [5.41, 5.74) is 1.69. The van der Waals surface area contributed by atoms with Crippen LogP contribution < -0.4 is 0 Å². The van der Waals surface area contributed by atoms with Gasteiger partial charge in [-0.25, -0.2) is 0 Å². The highest BCUT2D eigenvalue weighted by atomic mass is 16.2. The standard InChI is InChI=1S/C18H23N3O2/c1-2-3-8-17(22)20-9-11-21(12-10-20)18(23)15-13-19-16-7-5-4-6-14(15)16/h4-7,13,19H,2-3,8-12H2,1H3. The number of para-hydroxylation sites is 1. The lowest BCUT2D eigenvalue weighted by Crippen LogP contribution is -2.50. The normalized spacial score (nSPS) is 15.2. The molecule has 5 nitrogen and oxygen atoms in total. The van der Waals surface area contributed by atoms with Gasteiger partial charge in [-0.15, -0.1) is 0 Å². The number of unbranched alkanes of at least 4 members (excludes halogenated alkanes) is 1. The minimum atomic E-state index is 0.0445. The number of hydrogen-bond acceptors (Lipinski definition) is 2. The molecule has 3 rings (SSSR count). The number of amides is 2. The van der Waals surface area contributed by atoms with Crippen LogP contribution in [-0.4, -0.2) is 52.8 Å². The summed E-state index contributed by atoms with van der Waals surface area (Å²) in [6, 6.07) is 7.82. The van der Waals surface area contributed by atoms with E-state index in [1.54, 1.807) is 6.20 Å². The summed E-state index contributed by atoms with van der Waals surface area (Å²) in [6.45, 7) is 4.57. The van der Waals surface area contributed by atoms with Gasteiger partial charge in [-0.05, 0) is 12.5 Å². The van der Waals surface area contributed by atoms with E-state index in [1.165, 1.54) is 0 Å². The lowest BCUT2D eigenvalue weighted by Gasteiger charge is -2.34. The van der Waals surface area contributed by atoms with Crippen molar-refractivity contribution in [1.29, 1.82) is 0 Å². The second-order valence-electron chi connectivity index (χ2n) is 6.02. The van der Waals surface area contributed by atoms with Crippen molar-refractivity contribution in [2.24, 2.45) is 0 Å². The van der Waals surface area contributed by atoms with Crippen molar-refractivity contribution in [3.8, 4) is 0 Å². The summed E-state index contributed by atoms with van der Waals surface area (Å²) in [7, 11) is 0. The zero-order chi connectivity index (χ0) is 16.2. The quantitative estimate of drug-likeness (QED) is 0.943. The Kier molecular flexibility index (Phi) is 4.65. The fourth-order valence-electron chi connectivity index (χ4n) is 3.06. The number of aromatic amines is 1. The van der Waals surface area contributed by atoms with Gasteiger partial charge in [0.1, 0.15) is 0 Å². The Morgan fingerprint density at radius 3 is 2.52 bits per heavy atom. The number of carbonyl (C=O) groups is 2. The fraction of sp³-hybridized carbons (Fsp3) is 0.444. The van der Waals surface area contributed by atoms with Crippen molar-refractivity contribution in [2.45, 2.75) is 26.2 Å². The molecule has 2 heterocycles. The second kappa shape index (κ2) is 6.86. The number of nitrogens with one attached hydrogen (secondary N) is 1. The van der Waals surface area contributed by atoms with Gasteiger partial charge in [-0.2, -0.15) is 0 Å². The number of H-pyrrole nitrogens is 1. The van der Waals surface area contributed by atoms with E-state index >= 15 is 0 Å². The first kappa shape index (κ1) is 15.6. The van der Waals surface area contributed by atoms with E-state index < -0.39 is 0 Å². The maximum Gasteiger partial charge on any atom is 0.256 e. The van der Waals surface area contributed by atoms with Crippen LogP contribution >= 0.6 is 0 Å². The predicted molar refractivity (Wildman–Crippen MR) is 90.3 cm³/mol. The van der Waals surface area contributed by atoms with Crippen molar-refractivity contribution in [3.05, 3.63) is 36.0 Å². The number of benzene rings is 1. The van der Waals surface area contributed by atoms with E-state index in [2.05, 4.69) is 11.9 Å². The molecule has 0 bridgehead atoms. The molecule has 1 N–H and O–H groups in total. The first-order chi connectivity index (χ1) is 11.2. The molecule has 23 heavy (non-hydrogen) atoms. The first-order valence-electron chi connectivity index (χ1n) is 8.34. The molecule has 1 aromatic heterocycles. The Balaban J connectivity index is 1.63. The molecule has 1 aliphatic rings. The summed E-state index contributed by atoms with van der Waals surface area (Å²) in [5.74, 6) is 0.258. The molecular weight excluding hydrogens is 290 g/mol. The SMILES string of the molecule is CCCCC(=O)N1CCN(C(=O)c2c[nH]c3ccccc23)CC1. The van der Waals surface area contributed by atoms with Crippen LogP contribution in [0.2, 0.25) is 0 Å². The van der Waals surface area contributed by atoms with Crippen LogP contribution in [0.1, 0.15) is 36.5 Å². The maximum atomic E-state index is 12.7. The van der Waals surface area contributed by atoms with Gasteiger partial charge in [0.15, 0.2) is 0 Å². The van der Waals surface area contributed by atoms with Crippen LogP contribution in [0, 0.1) is 0 Å². The lowest BCUT2D eigenvalue weighted by atomic mass is 10.1. The van der Waals surface area contributed by atoms with Crippen LogP contribution in [0.4, 0.5) is 0 Å². The number of nitrogens with zero attached hydrogens (tertiary/aromatic N) is 2. The third-order valence-electron chi connectivity index (χ3n) is 4.48. The molecule has 0 atom stereocenters. The Labute approximate surface area is 136 Å². The average molecular weight is 313 g/mol. The summed E-state index contributed by atoms with van der Waals surface area (Å²) in [6.07, 6.45) is 4.37. The topological polar surface area (TPSA) is 56.4 Å². The maximum absolute atomic E-state index is 12.7. The van der Waals surface area contributed by atoms with E-state index in [0.29, 0.717) is 38.2 Å². The van der Waals surface area contributed by atoms with E-state index in [9.17, 15) is 9.59 Å². The summed E-state index contributed by atoms with van der Waals surface area (Å²) < 4.78 is 0. The number of hydrogen-bond donors (Lipinski definition) is 1. The third-order valence-corrected chi connectivity index (χ3v) is 4.48. The van der Waals surface area contributed by atoms with Crippen LogP contribution in [-0.2, 0) is 4.79 Å². The van der Waals surface area contributed by atoms with Gasteiger partial charge in [0.05, 0.1) is 5.56 Å². The van der Waals surface area contributed by atoms with Gasteiger partial charge in [-0.3, -0.25) is 9.59 Å². The second-order valence-corrected chi connectivity index (χ2v) is 6.02. The monoisotopic (exact) mass is 313 g/mol. The molecule has 0 saturated carbocycles. The molecule has 1 fully saturated rings. The smallest absolute Gasteiger partial charge is 0.256 e. The Morgan fingerprint density at radius 1 is 1.09 bits per heavy atom. The van der Waals surface area contributed by atoms with Crippen LogP contribution in [0.25, 0.3) is 10.9 Å². The van der Waals surface area contributed by atoms with Gasteiger partial charge in [0, 0.05) is 49.7 Å². The van der Waals surface area contributed by atoms with E-state index in [-0.39, 0.29) is 11.8 Å². The zero-order valence-corrected chi connectivity index (χ0v) is 13.5. The molecule has 1 aromatic carbocycles. The highest BCUT2D eigenvalue weighted by Crippen LogP contribution is 2.20. The van der Waals surface area contributed by atoms with Gasteiger partial charge < -0.3 is 14.8 Å². The van der Waals surface area contributed by atoms with Crippen molar-refractivity contribution < 1.29 is 9.59 Å². The molecule has 122 valence electrons. The van der Waals surface area contributed by atoms with Crippen LogP contribution in [0.3, 0.4) is 0 Å². The molecular formula is C18H23N3O2. The Bertz CT molecular complexity index is 699. The minimum absolute atomic E-state index is 0.0445. The number of carbonyl (C=O) groups excluding carboxylic acids is 2. The van der Waals surface area contributed by atoms with E-state index in [1.807, 2.05) is 34.1 Å². The first-order valence-corrected chi connectivity index (χ1v) is 8.34. The number of piperazine rings is 1. The predicted octanol–water partition coefficient (Wildman–Crippen LogP) is 2.64. The van der Waals surface area contributed by atoms with Crippen LogP contribution in [0.5, 0.6) is 0 Å². The van der Waals surface area contributed by atoms with Crippen molar-refractivity contribution in [3.63, 3.8) is 0 Å². The van der Waals surface area contributed by atoms with Gasteiger partial charge in [-0.1, -0.05) is 31.5 Å². The van der Waals surface area contributed by atoms with Crippen molar-refractivity contribution >= 4 is 22.7 Å². The zero-order valence-electron chi connectivity index (χ0n) is 13.5. The Hall–Kier alpha value is -2.30. The number of rotatable bonds is 4. The van der Waals surface area contributed by atoms with E-state index in [4.69, 9.17) is 0 Å². The summed E-state index contributed by atoms with van der Waals surface area (Å²) in [5, 5.41) is 0.957. The molecule has 2 aromatic rings. The van der Waals surface area contributed by atoms with Gasteiger partial charge >= 0.3 is 0 Å². The van der Waals surface area contributed by atoms with Crippen molar-refractivity contribution in [2.75, 3.05) is 26.2 Å². The highest BCUT2D eigenvalue weighted by molar-refractivity contribution is 6.06. The molecule has 1 saturated heterocycles. The molecule has 0 spiro atoms. The fourth-order valence-corrected chi connectivity index (χ4v) is 3.06. The number of aromatic nitrogens is 1. The van der Waals surface area contributed by atoms with E-state index in [0.717, 1.165) is 23.7 Å². The van der Waals surface area contributed by atoms with Gasteiger partial charge in [0.25, 0.3) is 5.91 Å². The lowest BCUT2D eigenvalue weighted by molar-refractivity contribution is -0.132. The van der Waals surface area contributed by atoms with Crippen LogP contribution in [0.15, 0.2) is 30.5 Å². The molecule has 5 heteroatoms. The van der Waals surface area contributed by atoms with Gasteiger partial charge in [0.2, 0.25) is 5.91 Å². The number of fused-ring (bicyclic) bond motifs is 1. The molecule has 0 aliphatic carbocycles. The molecule has 1 aliphatic heterocycles. The average Bonchev–Trinajstić information content (AvgIpc) is 3.03. The summed E-state index contributed by atoms with van der Waals surface area (Å²) >= 11 is 0. The third kappa shape index (κ3) is 3.23. The van der Waals surface area contributed by atoms with Crippen molar-refractivity contribution in [1.82, 2.24) is 14.8 Å². The molecule has 2 amide bonds. The minimum Gasteiger partial charge on any atom is -0.360 e. The highest BCUT2D eigenvalue weighted by Gasteiger charge is 2.25. The molecule has 0 unspecified atom stereocenters. The molecule has 0 radical (unpaired) electrons.